The summed E-state index contributed by atoms with van der Waals surface area (Å²) in [5.41, 5.74) is 0.363. The Balaban J connectivity index is 1.38. The molecule has 0 saturated heterocycles. The van der Waals surface area contributed by atoms with Crippen LogP contribution >= 0.6 is 0 Å². The van der Waals surface area contributed by atoms with Crippen molar-refractivity contribution >= 4 is 5.97 Å². The molecule has 198 valence electrons. The fourth-order valence-electron chi connectivity index (χ4n) is 6.41. The Hall–Kier alpha value is -1.45. The molecule has 0 bridgehead atoms. The highest BCUT2D eigenvalue weighted by atomic mass is 19.2. The number of esters is 1. The van der Waals surface area contributed by atoms with Crippen molar-refractivity contribution in [1.82, 2.24) is 0 Å². The number of ether oxygens (including phenoxy) is 1. The number of benzene rings is 1. The fourth-order valence-corrected chi connectivity index (χ4v) is 6.41. The van der Waals surface area contributed by atoms with E-state index in [0.717, 1.165) is 56.8 Å². The van der Waals surface area contributed by atoms with E-state index < -0.39 is 17.6 Å². The van der Waals surface area contributed by atoms with Crippen LogP contribution in [0.3, 0.4) is 0 Å². The maximum absolute atomic E-state index is 14.5. The van der Waals surface area contributed by atoms with Gasteiger partial charge in [0, 0.05) is 0 Å². The Kier molecular flexibility index (Phi) is 12.0. The minimum atomic E-state index is -1.02. The van der Waals surface area contributed by atoms with Crippen LogP contribution in [0.2, 0.25) is 0 Å². The molecule has 0 atom stereocenters. The fraction of sp³-hybridized carbons (Fsp3) is 0.774. The summed E-state index contributed by atoms with van der Waals surface area (Å²) < 4.78 is 34.3. The van der Waals surface area contributed by atoms with Crippen molar-refractivity contribution in [2.24, 2.45) is 23.7 Å². The number of hydrogen-bond donors (Lipinski definition) is 0. The van der Waals surface area contributed by atoms with Crippen LogP contribution in [0.5, 0.6) is 5.75 Å². The van der Waals surface area contributed by atoms with Gasteiger partial charge in [0.05, 0.1) is 5.92 Å². The Bertz CT molecular complexity index is 761. The molecule has 1 aromatic carbocycles. The molecule has 0 amide bonds. The van der Waals surface area contributed by atoms with Crippen LogP contribution in [0.25, 0.3) is 0 Å². The van der Waals surface area contributed by atoms with E-state index in [4.69, 9.17) is 4.74 Å². The summed E-state index contributed by atoms with van der Waals surface area (Å²) in [6, 6.07) is 2.99. The zero-order valence-corrected chi connectivity index (χ0v) is 22.3. The van der Waals surface area contributed by atoms with E-state index in [1.807, 2.05) is 0 Å². The van der Waals surface area contributed by atoms with Crippen LogP contribution in [-0.4, -0.2) is 5.97 Å². The van der Waals surface area contributed by atoms with Gasteiger partial charge in [-0.15, -0.1) is 0 Å². The van der Waals surface area contributed by atoms with Crippen LogP contribution in [0.1, 0.15) is 129 Å². The molecule has 3 rings (SSSR count). The number of rotatable bonds is 13. The summed E-state index contributed by atoms with van der Waals surface area (Å²) >= 11 is 0. The molecule has 0 N–H and O–H groups in total. The van der Waals surface area contributed by atoms with E-state index >= 15 is 0 Å². The van der Waals surface area contributed by atoms with E-state index in [9.17, 15) is 13.6 Å². The normalized spacial score (nSPS) is 24.9. The average Bonchev–Trinajstić information content (AvgIpc) is 2.88. The topological polar surface area (TPSA) is 26.3 Å². The number of hydrogen-bond acceptors (Lipinski definition) is 2. The SMILES string of the molecule is CCCCCCC[C@H]1CC[C@H]([C@H]2CC[C@H](C(=O)Oc3ccc(CCCCC)c(F)c3F)CC2)CC1. The highest BCUT2D eigenvalue weighted by Gasteiger charge is 2.34. The van der Waals surface area contributed by atoms with Gasteiger partial charge in [-0.2, -0.15) is 4.39 Å². The van der Waals surface area contributed by atoms with Crippen molar-refractivity contribution in [1.29, 1.82) is 0 Å². The number of halogens is 2. The number of carbonyl (C=O) groups is 1. The molecule has 2 fully saturated rings. The van der Waals surface area contributed by atoms with Gasteiger partial charge in [-0.3, -0.25) is 4.79 Å². The molecule has 0 aliphatic heterocycles. The number of aryl methyl sites for hydroxylation is 1. The Morgan fingerprint density at radius 3 is 2.03 bits per heavy atom. The van der Waals surface area contributed by atoms with Crippen LogP contribution < -0.4 is 4.74 Å². The third kappa shape index (κ3) is 8.57. The lowest BCUT2D eigenvalue weighted by atomic mass is 9.68. The van der Waals surface area contributed by atoms with Crippen molar-refractivity contribution in [2.75, 3.05) is 0 Å². The highest BCUT2D eigenvalue weighted by Crippen LogP contribution is 2.42. The summed E-state index contributed by atoms with van der Waals surface area (Å²) in [6.45, 7) is 4.35. The molecule has 0 aromatic heterocycles. The first-order chi connectivity index (χ1) is 17.0. The van der Waals surface area contributed by atoms with Gasteiger partial charge in [-0.05, 0) is 80.8 Å². The molecule has 1 aromatic rings. The maximum atomic E-state index is 14.5. The van der Waals surface area contributed by atoms with Gasteiger partial charge in [-0.25, -0.2) is 4.39 Å². The predicted molar refractivity (Wildman–Crippen MR) is 139 cm³/mol. The summed E-state index contributed by atoms with van der Waals surface area (Å²) in [4.78, 5) is 12.7. The van der Waals surface area contributed by atoms with Crippen molar-refractivity contribution in [3.8, 4) is 5.75 Å². The van der Waals surface area contributed by atoms with Crippen molar-refractivity contribution in [3.05, 3.63) is 29.3 Å². The molecule has 0 heterocycles. The molecule has 4 heteroatoms. The molecular formula is C31H48F2O2. The Labute approximate surface area is 212 Å². The summed E-state index contributed by atoms with van der Waals surface area (Å²) in [5, 5.41) is 0. The highest BCUT2D eigenvalue weighted by molar-refractivity contribution is 5.75. The second-order valence-corrected chi connectivity index (χ2v) is 11.3. The smallest absolute Gasteiger partial charge is 0.314 e. The van der Waals surface area contributed by atoms with Gasteiger partial charge >= 0.3 is 5.97 Å². The predicted octanol–water partition coefficient (Wildman–Crippen LogP) is 9.58. The summed E-state index contributed by atoms with van der Waals surface area (Å²) in [6.07, 6.45) is 20.8. The van der Waals surface area contributed by atoms with Gasteiger partial charge in [0.2, 0.25) is 5.82 Å². The van der Waals surface area contributed by atoms with Gasteiger partial charge in [0.15, 0.2) is 11.6 Å². The minimum Gasteiger partial charge on any atom is -0.423 e. The number of unbranched alkanes of at least 4 members (excludes halogenated alkanes) is 6. The molecular weight excluding hydrogens is 442 g/mol. The van der Waals surface area contributed by atoms with Gasteiger partial charge in [0.25, 0.3) is 0 Å². The standard InChI is InChI=1S/C31H48F2O2/c1-3-5-7-8-10-11-23-13-15-24(16-14-23)25-17-19-27(20-18-25)31(34)35-28-22-21-26(12-9-6-4-2)29(32)30(28)33/h21-25,27H,3-20H2,1-2H3/t23-,24-,25-,27-. The molecule has 2 aliphatic rings. The molecule has 2 nitrogen and oxygen atoms in total. The zero-order chi connectivity index (χ0) is 25.0. The molecule has 0 spiro atoms. The molecule has 2 aliphatic carbocycles. The van der Waals surface area contributed by atoms with E-state index in [1.54, 1.807) is 6.07 Å². The summed E-state index contributed by atoms with van der Waals surface area (Å²) in [7, 11) is 0. The van der Waals surface area contributed by atoms with Crippen LogP contribution in [0.4, 0.5) is 8.78 Å². The lowest BCUT2D eigenvalue weighted by Crippen LogP contribution is -2.30. The van der Waals surface area contributed by atoms with Crippen LogP contribution in [0, 0.1) is 35.3 Å². The minimum absolute atomic E-state index is 0.197. The van der Waals surface area contributed by atoms with Crippen LogP contribution in [0.15, 0.2) is 12.1 Å². The van der Waals surface area contributed by atoms with Crippen LogP contribution in [-0.2, 0) is 11.2 Å². The molecule has 35 heavy (non-hydrogen) atoms. The third-order valence-corrected chi connectivity index (χ3v) is 8.77. The quantitative estimate of drug-likeness (QED) is 0.156. The summed E-state index contributed by atoms with van der Waals surface area (Å²) in [5.74, 6) is -0.315. The van der Waals surface area contributed by atoms with E-state index in [1.165, 1.54) is 70.3 Å². The van der Waals surface area contributed by atoms with E-state index in [0.29, 0.717) is 17.9 Å². The van der Waals surface area contributed by atoms with Gasteiger partial charge in [0.1, 0.15) is 0 Å². The monoisotopic (exact) mass is 490 g/mol. The molecule has 2 saturated carbocycles. The molecule has 0 radical (unpaired) electrons. The van der Waals surface area contributed by atoms with Crippen molar-refractivity contribution in [3.63, 3.8) is 0 Å². The number of carbonyl (C=O) groups excluding carboxylic acids is 1. The van der Waals surface area contributed by atoms with Crippen molar-refractivity contribution < 1.29 is 18.3 Å². The third-order valence-electron chi connectivity index (χ3n) is 8.77. The first-order valence-electron chi connectivity index (χ1n) is 14.7. The first kappa shape index (κ1) is 28.1. The Morgan fingerprint density at radius 2 is 1.37 bits per heavy atom. The average molecular weight is 491 g/mol. The van der Waals surface area contributed by atoms with Crippen molar-refractivity contribution in [2.45, 2.75) is 129 Å². The van der Waals surface area contributed by atoms with E-state index in [2.05, 4.69) is 13.8 Å². The lowest BCUT2D eigenvalue weighted by Gasteiger charge is -2.37. The van der Waals surface area contributed by atoms with E-state index in [-0.39, 0.29) is 11.7 Å². The van der Waals surface area contributed by atoms with Gasteiger partial charge in [-0.1, -0.05) is 84.1 Å². The zero-order valence-electron chi connectivity index (χ0n) is 22.3. The second-order valence-electron chi connectivity index (χ2n) is 11.3. The largest absolute Gasteiger partial charge is 0.423 e. The van der Waals surface area contributed by atoms with Gasteiger partial charge < -0.3 is 4.74 Å². The Morgan fingerprint density at radius 1 is 0.771 bits per heavy atom. The second kappa shape index (κ2) is 15.0. The lowest BCUT2D eigenvalue weighted by molar-refractivity contribution is -0.140. The maximum Gasteiger partial charge on any atom is 0.314 e. The first-order valence-corrected chi connectivity index (χ1v) is 14.7. The molecule has 0 unspecified atom stereocenters.